The second-order valence-corrected chi connectivity index (χ2v) is 6.81. The molecule has 1 heterocycles. The third-order valence-corrected chi connectivity index (χ3v) is 4.73. The number of sulfonamides is 1. The summed E-state index contributed by atoms with van der Waals surface area (Å²) in [5, 5.41) is 0. The molecule has 0 fully saturated rings. The normalized spacial score (nSPS) is 11.9. The van der Waals surface area contributed by atoms with Crippen LogP contribution in [-0.4, -0.2) is 19.9 Å². The molecule has 0 unspecified atom stereocenters. The number of hydrogen-bond donors (Lipinski definition) is 1. The van der Waals surface area contributed by atoms with E-state index in [0.717, 1.165) is 11.1 Å². The molecular formula is C16H16N2O3S. The number of oxazole rings is 1. The molecule has 114 valence electrons. The molecule has 1 aromatic heterocycles. The van der Waals surface area contributed by atoms with Crippen molar-refractivity contribution in [3.63, 3.8) is 0 Å². The Morgan fingerprint density at radius 3 is 2.73 bits per heavy atom. The van der Waals surface area contributed by atoms with E-state index < -0.39 is 10.0 Å². The summed E-state index contributed by atoms with van der Waals surface area (Å²) >= 11 is 0. The minimum Gasteiger partial charge on any atom is -0.441 e. The first-order valence-corrected chi connectivity index (χ1v) is 8.44. The van der Waals surface area contributed by atoms with Gasteiger partial charge in [-0.3, -0.25) is 0 Å². The Morgan fingerprint density at radius 1 is 1.14 bits per heavy atom. The number of aryl methyl sites for hydroxylation is 1. The lowest BCUT2D eigenvalue weighted by atomic mass is 10.2. The highest BCUT2D eigenvalue weighted by Crippen LogP contribution is 2.15. The molecule has 3 rings (SSSR count). The first-order valence-electron chi connectivity index (χ1n) is 6.95. The maximum absolute atomic E-state index is 12.2. The maximum Gasteiger partial charge on any atom is 0.240 e. The summed E-state index contributed by atoms with van der Waals surface area (Å²) in [4.78, 5) is 4.59. The van der Waals surface area contributed by atoms with E-state index in [9.17, 15) is 8.42 Å². The average molecular weight is 316 g/mol. The maximum atomic E-state index is 12.2. The van der Waals surface area contributed by atoms with Gasteiger partial charge in [-0.25, -0.2) is 18.1 Å². The number of aromatic nitrogens is 1. The zero-order valence-electron chi connectivity index (χ0n) is 12.1. The smallest absolute Gasteiger partial charge is 0.240 e. The number of rotatable bonds is 5. The molecule has 0 saturated heterocycles. The first kappa shape index (κ1) is 14.7. The number of hydrogen-bond acceptors (Lipinski definition) is 4. The quantitative estimate of drug-likeness (QED) is 0.785. The molecule has 0 atom stereocenters. The summed E-state index contributed by atoms with van der Waals surface area (Å²) in [5.74, 6) is 0.521. The van der Waals surface area contributed by atoms with Crippen molar-refractivity contribution in [3.05, 3.63) is 60.0 Å². The van der Waals surface area contributed by atoms with E-state index in [1.54, 1.807) is 18.2 Å². The van der Waals surface area contributed by atoms with Gasteiger partial charge in [0.2, 0.25) is 10.0 Å². The summed E-state index contributed by atoms with van der Waals surface area (Å²) in [5.41, 5.74) is 2.39. The molecule has 0 bridgehead atoms. The monoisotopic (exact) mass is 316 g/mol. The van der Waals surface area contributed by atoms with Gasteiger partial charge in [0.15, 0.2) is 11.5 Å². The van der Waals surface area contributed by atoms with Gasteiger partial charge in [0.05, 0.1) is 4.90 Å². The van der Waals surface area contributed by atoms with Crippen LogP contribution in [-0.2, 0) is 16.4 Å². The van der Waals surface area contributed by atoms with Crippen LogP contribution in [0.4, 0.5) is 0 Å². The molecule has 6 heteroatoms. The van der Waals surface area contributed by atoms with Gasteiger partial charge >= 0.3 is 0 Å². The van der Waals surface area contributed by atoms with E-state index in [2.05, 4.69) is 9.71 Å². The SMILES string of the molecule is Cc1cccc(S(=O)(=O)NCCc2nc3ccccc3o2)c1. The van der Waals surface area contributed by atoms with Crippen molar-refractivity contribution in [3.8, 4) is 0 Å². The van der Waals surface area contributed by atoms with Crippen LogP contribution in [0.15, 0.2) is 57.8 Å². The molecule has 22 heavy (non-hydrogen) atoms. The molecule has 0 aliphatic carbocycles. The van der Waals surface area contributed by atoms with Crippen LogP contribution in [0.2, 0.25) is 0 Å². The van der Waals surface area contributed by atoms with Gasteiger partial charge in [-0.05, 0) is 36.8 Å². The van der Waals surface area contributed by atoms with Gasteiger partial charge in [-0.2, -0.15) is 0 Å². The molecule has 5 nitrogen and oxygen atoms in total. The van der Waals surface area contributed by atoms with Crippen molar-refractivity contribution >= 4 is 21.1 Å². The predicted octanol–water partition coefficient (Wildman–Crippen LogP) is 2.66. The third kappa shape index (κ3) is 3.18. The lowest BCUT2D eigenvalue weighted by Crippen LogP contribution is -2.26. The molecule has 0 spiro atoms. The van der Waals surface area contributed by atoms with Crippen LogP contribution >= 0.6 is 0 Å². The van der Waals surface area contributed by atoms with E-state index in [1.165, 1.54) is 0 Å². The zero-order chi connectivity index (χ0) is 15.6. The standard InChI is InChI=1S/C16H16N2O3S/c1-12-5-4-6-13(11-12)22(19,20)17-10-9-16-18-14-7-2-3-8-15(14)21-16/h2-8,11,17H,9-10H2,1H3. The van der Waals surface area contributed by atoms with E-state index >= 15 is 0 Å². The molecule has 3 aromatic rings. The highest BCUT2D eigenvalue weighted by atomic mass is 32.2. The highest BCUT2D eigenvalue weighted by Gasteiger charge is 2.14. The molecule has 2 aromatic carbocycles. The van der Waals surface area contributed by atoms with E-state index in [-0.39, 0.29) is 11.4 Å². The molecule has 0 saturated carbocycles. The topological polar surface area (TPSA) is 72.2 Å². The Bertz CT molecular complexity index is 867. The van der Waals surface area contributed by atoms with Gasteiger partial charge in [-0.15, -0.1) is 0 Å². The summed E-state index contributed by atoms with van der Waals surface area (Å²) in [6.07, 6.45) is 0.403. The third-order valence-electron chi connectivity index (χ3n) is 3.27. The Morgan fingerprint density at radius 2 is 1.95 bits per heavy atom. The number of benzene rings is 2. The minimum absolute atomic E-state index is 0.239. The highest BCUT2D eigenvalue weighted by molar-refractivity contribution is 7.89. The Hall–Kier alpha value is -2.18. The van der Waals surface area contributed by atoms with Crippen LogP contribution in [0.5, 0.6) is 0 Å². The van der Waals surface area contributed by atoms with E-state index in [0.29, 0.717) is 17.9 Å². The lowest BCUT2D eigenvalue weighted by Gasteiger charge is -2.06. The summed E-state index contributed by atoms with van der Waals surface area (Å²) in [6, 6.07) is 14.3. The molecule has 0 aliphatic heterocycles. The Balaban J connectivity index is 1.67. The molecule has 0 radical (unpaired) electrons. The van der Waals surface area contributed by atoms with Crippen molar-refractivity contribution in [1.29, 1.82) is 0 Å². The second kappa shape index (κ2) is 5.90. The Kier molecular flexibility index (Phi) is 3.96. The number of nitrogens with zero attached hydrogens (tertiary/aromatic N) is 1. The number of nitrogens with one attached hydrogen (secondary N) is 1. The van der Waals surface area contributed by atoms with Gasteiger partial charge in [0, 0.05) is 13.0 Å². The molecular weight excluding hydrogens is 300 g/mol. The van der Waals surface area contributed by atoms with Gasteiger partial charge in [0.1, 0.15) is 5.52 Å². The van der Waals surface area contributed by atoms with Crippen LogP contribution in [0.1, 0.15) is 11.5 Å². The summed E-state index contributed by atoms with van der Waals surface area (Å²) in [7, 11) is -3.50. The zero-order valence-corrected chi connectivity index (χ0v) is 12.9. The fourth-order valence-corrected chi connectivity index (χ4v) is 3.32. The van der Waals surface area contributed by atoms with Crippen molar-refractivity contribution in [2.24, 2.45) is 0 Å². The fourth-order valence-electron chi connectivity index (χ4n) is 2.19. The van der Waals surface area contributed by atoms with Crippen LogP contribution in [0.25, 0.3) is 11.1 Å². The number of para-hydroxylation sites is 2. The summed E-state index contributed by atoms with van der Waals surface area (Å²) in [6.45, 7) is 2.10. The second-order valence-electron chi connectivity index (χ2n) is 5.04. The Labute approximate surface area is 129 Å². The first-order chi connectivity index (χ1) is 10.5. The fraction of sp³-hybridized carbons (Fsp3) is 0.188. The van der Waals surface area contributed by atoms with Crippen molar-refractivity contribution in [2.75, 3.05) is 6.54 Å². The van der Waals surface area contributed by atoms with Gasteiger partial charge < -0.3 is 4.42 Å². The van der Waals surface area contributed by atoms with Crippen molar-refractivity contribution in [1.82, 2.24) is 9.71 Å². The van der Waals surface area contributed by atoms with Crippen molar-refractivity contribution < 1.29 is 12.8 Å². The van der Waals surface area contributed by atoms with Gasteiger partial charge in [-0.1, -0.05) is 24.3 Å². The predicted molar refractivity (Wildman–Crippen MR) is 84.1 cm³/mol. The number of fused-ring (bicyclic) bond motifs is 1. The van der Waals surface area contributed by atoms with Crippen molar-refractivity contribution in [2.45, 2.75) is 18.2 Å². The molecule has 1 N–H and O–H groups in total. The van der Waals surface area contributed by atoms with Gasteiger partial charge in [0.25, 0.3) is 0 Å². The van der Waals surface area contributed by atoms with Crippen LogP contribution in [0.3, 0.4) is 0 Å². The summed E-state index contributed by atoms with van der Waals surface area (Å²) < 4.78 is 32.5. The average Bonchev–Trinajstić information content (AvgIpc) is 2.89. The largest absolute Gasteiger partial charge is 0.441 e. The minimum atomic E-state index is -3.50. The van der Waals surface area contributed by atoms with E-state index in [4.69, 9.17) is 4.42 Å². The molecule has 0 aliphatic rings. The lowest BCUT2D eigenvalue weighted by molar-refractivity contribution is 0.523. The van der Waals surface area contributed by atoms with Crippen LogP contribution < -0.4 is 4.72 Å². The van der Waals surface area contributed by atoms with Crippen LogP contribution in [0, 0.1) is 6.92 Å². The van der Waals surface area contributed by atoms with E-state index in [1.807, 2.05) is 37.3 Å². The molecule has 0 amide bonds.